The summed E-state index contributed by atoms with van der Waals surface area (Å²) >= 11 is 0. The molecule has 5 aromatic carbocycles. The summed E-state index contributed by atoms with van der Waals surface area (Å²) in [6.45, 7) is 2.25. The van der Waals surface area contributed by atoms with E-state index in [0.29, 0.717) is 5.75 Å². The molecule has 5 aromatic rings. The summed E-state index contributed by atoms with van der Waals surface area (Å²) < 4.78 is 0. The lowest BCUT2D eigenvalue weighted by Crippen LogP contribution is -2.23. The number of fused-ring (bicyclic) bond motifs is 6. The fourth-order valence-corrected chi connectivity index (χ4v) is 5.30. The lowest BCUT2D eigenvalue weighted by molar-refractivity contribution is 0.473. The van der Waals surface area contributed by atoms with Crippen molar-refractivity contribution in [1.82, 2.24) is 0 Å². The number of nitrogens with zero attached hydrogens (tertiary/aromatic N) is 1. The maximum atomic E-state index is 10.9. The first kappa shape index (κ1) is 19.6. The number of hydrogen-bond acceptors (Lipinski definition) is 2. The zero-order valence-electron chi connectivity index (χ0n) is 18.6. The third-order valence-electron chi connectivity index (χ3n) is 6.77. The summed E-state index contributed by atoms with van der Waals surface area (Å²) in [5.74, 6) is 0.539. The van der Waals surface area contributed by atoms with Crippen LogP contribution in [0.2, 0.25) is 0 Å². The van der Waals surface area contributed by atoms with E-state index in [4.69, 9.17) is 0 Å². The van der Waals surface area contributed by atoms with E-state index in [0.717, 1.165) is 23.4 Å². The van der Waals surface area contributed by atoms with Crippen LogP contribution in [0.5, 0.6) is 5.75 Å². The molecule has 0 aliphatic carbocycles. The molecule has 160 valence electrons. The van der Waals surface area contributed by atoms with Crippen molar-refractivity contribution < 1.29 is 5.11 Å². The molecule has 0 saturated heterocycles. The average molecular weight is 428 g/mol. The summed E-state index contributed by atoms with van der Waals surface area (Å²) in [4.78, 5) is 2.34. The molecule has 6 rings (SSSR count). The maximum Gasteiger partial charge on any atom is 0.124 e. The SMILES string of the molecule is CCC1C=C(c2ccccc2O)N(c2ccccc2)c2c1c1ccccc1c1ccccc21. The van der Waals surface area contributed by atoms with Crippen molar-refractivity contribution in [3.63, 3.8) is 0 Å². The highest BCUT2D eigenvalue weighted by Gasteiger charge is 2.32. The van der Waals surface area contributed by atoms with Gasteiger partial charge in [-0.05, 0) is 52.4 Å². The lowest BCUT2D eigenvalue weighted by atomic mass is 9.82. The molecule has 0 aromatic heterocycles. The maximum absolute atomic E-state index is 10.9. The number of phenols is 1. The van der Waals surface area contributed by atoms with Gasteiger partial charge in [-0.15, -0.1) is 0 Å². The van der Waals surface area contributed by atoms with Gasteiger partial charge in [0.25, 0.3) is 0 Å². The zero-order chi connectivity index (χ0) is 22.4. The number of benzene rings is 5. The summed E-state index contributed by atoms with van der Waals surface area (Å²) in [7, 11) is 0. The molecule has 33 heavy (non-hydrogen) atoms. The molecule has 0 radical (unpaired) electrons. The Labute approximate surface area is 194 Å². The van der Waals surface area contributed by atoms with Gasteiger partial charge in [0.15, 0.2) is 0 Å². The Hall–Kier alpha value is -4.04. The molecule has 1 atom stereocenters. The third kappa shape index (κ3) is 3.02. The molecular formula is C31H25NO. The summed E-state index contributed by atoms with van der Waals surface area (Å²) in [6.07, 6.45) is 3.32. The molecule has 0 saturated carbocycles. The minimum absolute atomic E-state index is 0.240. The molecule has 2 heteroatoms. The minimum Gasteiger partial charge on any atom is -0.507 e. The van der Waals surface area contributed by atoms with Gasteiger partial charge in [-0.1, -0.05) is 91.9 Å². The Balaban J connectivity index is 1.79. The molecular weight excluding hydrogens is 402 g/mol. The van der Waals surface area contributed by atoms with Gasteiger partial charge in [-0.2, -0.15) is 0 Å². The van der Waals surface area contributed by atoms with Crippen LogP contribution in [-0.4, -0.2) is 5.11 Å². The standard InChI is InChI=1S/C31H25NO/c1-2-21-20-28(27-18-10-11-19-29(27)33)32(22-12-4-3-5-13-22)31-26-17-9-7-15-24(26)23-14-6-8-16-25(23)30(21)31/h3-21,33H,2H2,1H3. The van der Waals surface area contributed by atoms with Crippen LogP contribution in [0, 0.1) is 0 Å². The molecule has 1 aliphatic heterocycles. The van der Waals surface area contributed by atoms with E-state index in [1.807, 2.05) is 24.3 Å². The van der Waals surface area contributed by atoms with Gasteiger partial charge < -0.3 is 10.0 Å². The quantitative estimate of drug-likeness (QED) is 0.292. The molecule has 1 unspecified atom stereocenters. The third-order valence-corrected chi connectivity index (χ3v) is 6.77. The van der Waals surface area contributed by atoms with E-state index in [1.54, 1.807) is 6.07 Å². The van der Waals surface area contributed by atoms with E-state index >= 15 is 0 Å². The van der Waals surface area contributed by atoms with Gasteiger partial charge in [0.2, 0.25) is 0 Å². The van der Waals surface area contributed by atoms with Crippen LogP contribution in [-0.2, 0) is 0 Å². The fourth-order valence-electron chi connectivity index (χ4n) is 5.30. The summed E-state index contributed by atoms with van der Waals surface area (Å²) in [6, 6.07) is 35.6. The first-order chi connectivity index (χ1) is 16.3. The number of para-hydroxylation sites is 2. The fraction of sp³-hybridized carbons (Fsp3) is 0.0968. The van der Waals surface area contributed by atoms with E-state index in [2.05, 4.69) is 90.7 Å². The number of anilines is 2. The Morgan fingerprint density at radius 1 is 0.667 bits per heavy atom. The second-order valence-electron chi connectivity index (χ2n) is 8.61. The van der Waals surface area contributed by atoms with Crippen molar-refractivity contribution in [3.05, 3.63) is 120 Å². The number of aromatic hydroxyl groups is 1. The Morgan fingerprint density at radius 2 is 1.24 bits per heavy atom. The Bertz CT molecular complexity index is 1520. The number of hydrogen-bond donors (Lipinski definition) is 1. The molecule has 1 N–H and O–H groups in total. The first-order valence-electron chi connectivity index (χ1n) is 11.6. The van der Waals surface area contributed by atoms with E-state index in [-0.39, 0.29) is 5.92 Å². The van der Waals surface area contributed by atoms with Crippen LogP contribution < -0.4 is 4.90 Å². The smallest absolute Gasteiger partial charge is 0.124 e. The molecule has 1 aliphatic rings. The van der Waals surface area contributed by atoms with Crippen LogP contribution in [0.25, 0.3) is 27.2 Å². The normalized spacial score (nSPS) is 15.5. The molecule has 0 spiro atoms. The van der Waals surface area contributed by atoms with Crippen molar-refractivity contribution in [3.8, 4) is 5.75 Å². The highest BCUT2D eigenvalue weighted by atomic mass is 16.3. The number of allylic oxidation sites excluding steroid dienone is 1. The van der Waals surface area contributed by atoms with Gasteiger partial charge in [0.05, 0.1) is 11.4 Å². The highest BCUT2D eigenvalue weighted by molar-refractivity contribution is 6.18. The van der Waals surface area contributed by atoms with Crippen LogP contribution in [0.3, 0.4) is 0 Å². The molecule has 0 amide bonds. The van der Waals surface area contributed by atoms with E-state index in [1.165, 1.54) is 32.8 Å². The van der Waals surface area contributed by atoms with Crippen LogP contribution in [0.15, 0.2) is 109 Å². The summed E-state index contributed by atoms with van der Waals surface area (Å²) in [5.41, 5.74) is 5.53. The molecule has 2 nitrogen and oxygen atoms in total. The van der Waals surface area contributed by atoms with Gasteiger partial charge in [0.1, 0.15) is 5.75 Å². The number of phenolic OH excluding ortho intramolecular Hbond substituents is 1. The van der Waals surface area contributed by atoms with Crippen LogP contribution in [0.4, 0.5) is 11.4 Å². The lowest BCUT2D eigenvalue weighted by Gasteiger charge is -2.38. The van der Waals surface area contributed by atoms with E-state index in [9.17, 15) is 5.11 Å². The van der Waals surface area contributed by atoms with Crippen molar-refractivity contribution in [1.29, 1.82) is 0 Å². The summed E-state index contributed by atoms with van der Waals surface area (Å²) in [5, 5.41) is 15.9. The number of rotatable bonds is 3. The zero-order valence-corrected chi connectivity index (χ0v) is 18.6. The minimum atomic E-state index is 0.240. The van der Waals surface area contributed by atoms with Crippen LogP contribution in [0.1, 0.15) is 30.4 Å². The average Bonchev–Trinajstić information content (AvgIpc) is 2.88. The van der Waals surface area contributed by atoms with E-state index < -0.39 is 0 Å². The predicted molar refractivity (Wildman–Crippen MR) is 139 cm³/mol. The molecule has 0 bridgehead atoms. The predicted octanol–water partition coefficient (Wildman–Crippen LogP) is 8.39. The highest BCUT2D eigenvalue weighted by Crippen LogP contribution is 2.52. The largest absolute Gasteiger partial charge is 0.507 e. The van der Waals surface area contributed by atoms with Crippen molar-refractivity contribution in [2.24, 2.45) is 0 Å². The van der Waals surface area contributed by atoms with Crippen molar-refractivity contribution in [2.75, 3.05) is 4.90 Å². The van der Waals surface area contributed by atoms with Gasteiger partial charge in [0, 0.05) is 22.6 Å². The second kappa shape index (κ2) is 7.83. The van der Waals surface area contributed by atoms with Gasteiger partial charge >= 0.3 is 0 Å². The Morgan fingerprint density at radius 3 is 1.94 bits per heavy atom. The monoisotopic (exact) mass is 427 g/mol. The van der Waals surface area contributed by atoms with Crippen molar-refractivity contribution in [2.45, 2.75) is 19.3 Å². The van der Waals surface area contributed by atoms with Crippen LogP contribution >= 0.6 is 0 Å². The molecule has 0 fully saturated rings. The van der Waals surface area contributed by atoms with Crippen molar-refractivity contribution >= 4 is 38.6 Å². The van der Waals surface area contributed by atoms with Gasteiger partial charge in [-0.3, -0.25) is 0 Å². The first-order valence-corrected chi connectivity index (χ1v) is 11.6. The Kier molecular flexibility index (Phi) is 4.66. The molecule has 1 heterocycles. The second-order valence-corrected chi connectivity index (χ2v) is 8.61. The topological polar surface area (TPSA) is 23.5 Å². The van der Waals surface area contributed by atoms with Gasteiger partial charge in [-0.25, -0.2) is 0 Å².